The Morgan fingerprint density at radius 1 is 1.33 bits per heavy atom. The molecule has 1 unspecified atom stereocenters. The molecule has 0 bridgehead atoms. The molecule has 3 heterocycles. The van der Waals surface area contributed by atoms with Gasteiger partial charge in [-0.1, -0.05) is 5.21 Å². The minimum atomic E-state index is -4.50. The van der Waals surface area contributed by atoms with Crippen LogP contribution in [0.1, 0.15) is 22.5 Å². The van der Waals surface area contributed by atoms with Crippen LogP contribution in [0.5, 0.6) is 0 Å². The molecule has 0 aliphatic carbocycles. The molecule has 2 aromatic heterocycles. The molecule has 12 heteroatoms. The van der Waals surface area contributed by atoms with Crippen molar-refractivity contribution >= 4 is 11.9 Å². The number of alkyl halides is 3. The van der Waals surface area contributed by atoms with E-state index in [0.717, 1.165) is 16.8 Å². The zero-order valence-electron chi connectivity index (χ0n) is 13.8. The van der Waals surface area contributed by atoms with Crippen LogP contribution in [0.2, 0.25) is 0 Å². The molecule has 0 spiro atoms. The quantitative estimate of drug-likeness (QED) is 0.836. The molecule has 2 aromatic rings. The van der Waals surface area contributed by atoms with Crippen molar-refractivity contribution in [2.75, 3.05) is 19.7 Å². The standard InChI is InChI=1S/C15H14F3N5O4/c16-15(17,18)9-1-2-12(19-6-9)23-8-11(20-21-23)14(26)22-3-4-27-10(7-22)5-13(24)25/h1-2,6,8,10H,3-5,7H2,(H,24,25). The fourth-order valence-electron chi connectivity index (χ4n) is 2.55. The number of carboxylic acid groups (broad SMARTS) is 1. The van der Waals surface area contributed by atoms with Crippen molar-refractivity contribution in [1.82, 2.24) is 24.9 Å². The zero-order chi connectivity index (χ0) is 19.6. The lowest BCUT2D eigenvalue weighted by molar-refractivity contribution is -0.141. The number of nitrogens with zero attached hydrogens (tertiary/aromatic N) is 5. The third-order valence-corrected chi connectivity index (χ3v) is 3.85. The van der Waals surface area contributed by atoms with E-state index in [2.05, 4.69) is 15.3 Å². The van der Waals surface area contributed by atoms with Gasteiger partial charge >= 0.3 is 12.1 Å². The van der Waals surface area contributed by atoms with Gasteiger partial charge in [-0.2, -0.15) is 13.2 Å². The van der Waals surface area contributed by atoms with Gasteiger partial charge in [-0.15, -0.1) is 5.10 Å². The lowest BCUT2D eigenvalue weighted by Gasteiger charge is -2.31. The topological polar surface area (TPSA) is 110 Å². The number of aliphatic carboxylic acids is 1. The maximum atomic E-state index is 12.6. The summed E-state index contributed by atoms with van der Waals surface area (Å²) >= 11 is 0. The summed E-state index contributed by atoms with van der Waals surface area (Å²) in [7, 11) is 0. The number of hydrogen-bond acceptors (Lipinski definition) is 6. The van der Waals surface area contributed by atoms with Gasteiger partial charge in [-0.05, 0) is 12.1 Å². The van der Waals surface area contributed by atoms with Crippen molar-refractivity contribution in [2.45, 2.75) is 18.7 Å². The molecule has 27 heavy (non-hydrogen) atoms. The highest BCUT2D eigenvalue weighted by atomic mass is 19.4. The molecule has 1 aliphatic rings. The predicted octanol–water partition coefficient (Wildman–Crippen LogP) is 0.997. The van der Waals surface area contributed by atoms with E-state index in [1.54, 1.807) is 0 Å². The summed E-state index contributed by atoms with van der Waals surface area (Å²) in [6, 6.07) is 1.97. The van der Waals surface area contributed by atoms with Gasteiger partial charge in [-0.25, -0.2) is 9.67 Å². The largest absolute Gasteiger partial charge is 0.481 e. The summed E-state index contributed by atoms with van der Waals surface area (Å²) < 4.78 is 44.1. The van der Waals surface area contributed by atoms with Gasteiger partial charge in [0.05, 0.1) is 30.9 Å². The van der Waals surface area contributed by atoms with Crippen molar-refractivity contribution in [3.05, 3.63) is 35.8 Å². The zero-order valence-corrected chi connectivity index (χ0v) is 13.8. The molecule has 1 saturated heterocycles. The Labute approximate surface area is 150 Å². The Kier molecular flexibility index (Phi) is 5.08. The summed E-state index contributed by atoms with van der Waals surface area (Å²) in [6.07, 6.45) is -3.44. The van der Waals surface area contributed by atoms with Crippen LogP contribution in [0.4, 0.5) is 13.2 Å². The van der Waals surface area contributed by atoms with Gasteiger partial charge in [-0.3, -0.25) is 9.59 Å². The Hall–Kier alpha value is -3.02. The molecule has 0 aromatic carbocycles. The molecule has 3 rings (SSSR count). The van der Waals surface area contributed by atoms with Gasteiger partial charge in [0.25, 0.3) is 5.91 Å². The second kappa shape index (κ2) is 7.31. The molecule has 1 fully saturated rings. The van der Waals surface area contributed by atoms with Crippen LogP contribution < -0.4 is 0 Å². The van der Waals surface area contributed by atoms with E-state index in [4.69, 9.17) is 9.84 Å². The maximum Gasteiger partial charge on any atom is 0.417 e. The van der Waals surface area contributed by atoms with Gasteiger partial charge < -0.3 is 14.7 Å². The number of carbonyl (C=O) groups is 2. The van der Waals surface area contributed by atoms with Crippen LogP contribution in [0.25, 0.3) is 5.82 Å². The first-order valence-corrected chi connectivity index (χ1v) is 7.82. The van der Waals surface area contributed by atoms with Crippen molar-refractivity contribution < 1.29 is 32.6 Å². The molecule has 1 atom stereocenters. The average Bonchev–Trinajstić information content (AvgIpc) is 3.10. The molecule has 0 radical (unpaired) electrons. The fraction of sp³-hybridized carbons (Fsp3) is 0.400. The maximum absolute atomic E-state index is 12.6. The smallest absolute Gasteiger partial charge is 0.417 e. The summed E-state index contributed by atoms with van der Waals surface area (Å²) in [6.45, 7) is 0.551. The van der Waals surface area contributed by atoms with Crippen LogP contribution in [0.15, 0.2) is 24.5 Å². The van der Waals surface area contributed by atoms with E-state index in [-0.39, 0.29) is 37.6 Å². The molecular weight excluding hydrogens is 371 g/mol. The van der Waals surface area contributed by atoms with E-state index < -0.39 is 29.7 Å². The number of pyridine rings is 1. The van der Waals surface area contributed by atoms with E-state index in [0.29, 0.717) is 6.20 Å². The van der Waals surface area contributed by atoms with Gasteiger partial charge in [0.15, 0.2) is 11.5 Å². The van der Waals surface area contributed by atoms with Crippen molar-refractivity contribution in [3.63, 3.8) is 0 Å². The number of carboxylic acids is 1. The second-order valence-electron chi connectivity index (χ2n) is 5.79. The number of aromatic nitrogens is 4. The number of carbonyl (C=O) groups excluding carboxylic acids is 1. The van der Waals surface area contributed by atoms with Gasteiger partial charge in [0, 0.05) is 19.3 Å². The highest BCUT2D eigenvalue weighted by Gasteiger charge is 2.31. The normalized spacial score (nSPS) is 17.7. The van der Waals surface area contributed by atoms with Crippen LogP contribution in [-0.2, 0) is 15.7 Å². The predicted molar refractivity (Wildman–Crippen MR) is 82.1 cm³/mol. The summed E-state index contributed by atoms with van der Waals surface area (Å²) in [5.74, 6) is -1.44. The van der Waals surface area contributed by atoms with Gasteiger partial charge in [0.2, 0.25) is 0 Å². The summed E-state index contributed by atoms with van der Waals surface area (Å²) in [5, 5.41) is 16.3. The minimum Gasteiger partial charge on any atom is -0.481 e. The number of rotatable bonds is 4. The Balaban J connectivity index is 1.71. The highest BCUT2D eigenvalue weighted by Crippen LogP contribution is 2.28. The fourth-order valence-corrected chi connectivity index (χ4v) is 2.55. The average molecular weight is 385 g/mol. The van der Waals surface area contributed by atoms with Crippen molar-refractivity contribution in [2.24, 2.45) is 0 Å². The molecule has 144 valence electrons. The lowest BCUT2D eigenvalue weighted by Crippen LogP contribution is -2.46. The van der Waals surface area contributed by atoms with Gasteiger partial charge in [0.1, 0.15) is 0 Å². The number of amides is 1. The second-order valence-corrected chi connectivity index (χ2v) is 5.79. The SMILES string of the molecule is O=C(O)CC1CN(C(=O)c2cn(-c3ccc(C(F)(F)F)cn3)nn2)CCO1. The molecule has 9 nitrogen and oxygen atoms in total. The van der Waals surface area contributed by atoms with Crippen molar-refractivity contribution in [3.8, 4) is 5.82 Å². The number of halogens is 3. The summed E-state index contributed by atoms with van der Waals surface area (Å²) in [4.78, 5) is 28.3. The Morgan fingerprint density at radius 3 is 2.74 bits per heavy atom. The molecule has 1 amide bonds. The number of hydrogen-bond donors (Lipinski definition) is 1. The highest BCUT2D eigenvalue weighted by molar-refractivity contribution is 5.92. The third kappa shape index (κ3) is 4.39. The van der Waals surface area contributed by atoms with E-state index in [9.17, 15) is 22.8 Å². The Bertz CT molecular complexity index is 837. The molecule has 1 aliphatic heterocycles. The first kappa shape index (κ1) is 18.8. The Morgan fingerprint density at radius 2 is 2.11 bits per heavy atom. The third-order valence-electron chi connectivity index (χ3n) is 3.85. The van der Waals surface area contributed by atoms with Crippen molar-refractivity contribution in [1.29, 1.82) is 0 Å². The number of ether oxygens (including phenoxy) is 1. The number of morpholine rings is 1. The first-order chi connectivity index (χ1) is 12.7. The van der Waals surface area contributed by atoms with Crippen LogP contribution in [-0.4, -0.2) is 67.7 Å². The van der Waals surface area contributed by atoms with E-state index >= 15 is 0 Å². The molecule has 0 saturated carbocycles. The van der Waals surface area contributed by atoms with Crippen LogP contribution >= 0.6 is 0 Å². The molecule has 1 N–H and O–H groups in total. The van der Waals surface area contributed by atoms with E-state index in [1.165, 1.54) is 11.1 Å². The summed E-state index contributed by atoms with van der Waals surface area (Å²) in [5.41, 5.74) is -0.937. The van der Waals surface area contributed by atoms with E-state index in [1.807, 2.05) is 0 Å². The lowest BCUT2D eigenvalue weighted by atomic mass is 10.2. The molecular formula is C15H14F3N5O4. The van der Waals surface area contributed by atoms with Crippen LogP contribution in [0, 0.1) is 0 Å². The minimum absolute atomic E-state index is 0.0346. The monoisotopic (exact) mass is 385 g/mol. The first-order valence-electron chi connectivity index (χ1n) is 7.82. The van der Waals surface area contributed by atoms with Crippen LogP contribution in [0.3, 0.4) is 0 Å².